The summed E-state index contributed by atoms with van der Waals surface area (Å²) in [5, 5.41) is 3.14. The Labute approximate surface area is 166 Å². The Morgan fingerprint density at radius 2 is 1.64 bits per heavy atom. The van der Waals surface area contributed by atoms with Gasteiger partial charge in [0.1, 0.15) is 0 Å². The number of amides is 1. The number of piperidine rings is 1. The van der Waals surface area contributed by atoms with Gasteiger partial charge in [-0.15, -0.1) is 0 Å². The highest BCUT2D eigenvalue weighted by molar-refractivity contribution is 7.90. The van der Waals surface area contributed by atoms with Gasteiger partial charge in [-0.05, 0) is 56.5 Å². The van der Waals surface area contributed by atoms with E-state index in [0.717, 1.165) is 32.4 Å². The lowest BCUT2D eigenvalue weighted by atomic mass is 9.96. The third-order valence-corrected chi connectivity index (χ3v) is 7.56. The molecule has 2 saturated heterocycles. The van der Waals surface area contributed by atoms with Crippen LogP contribution in [0.15, 0.2) is 59.5 Å². The summed E-state index contributed by atoms with van der Waals surface area (Å²) in [5.41, 5.74) is 0.958. The Kier molecular flexibility index (Phi) is 5.51. The second kappa shape index (κ2) is 8.05. The maximum absolute atomic E-state index is 13.0. The fourth-order valence-electron chi connectivity index (χ4n) is 4.50. The lowest BCUT2D eigenvalue weighted by Gasteiger charge is -2.37. The molecule has 0 aromatic heterocycles. The molecule has 0 unspecified atom stereocenters. The molecule has 0 bridgehead atoms. The number of hydrogen-bond donors (Lipinski definition) is 1. The monoisotopic (exact) mass is 398 g/mol. The van der Waals surface area contributed by atoms with Crippen LogP contribution < -0.4 is 5.32 Å². The topological polar surface area (TPSA) is 66.5 Å². The van der Waals surface area contributed by atoms with Crippen LogP contribution in [0.4, 0.5) is 0 Å². The van der Waals surface area contributed by atoms with Crippen molar-refractivity contribution in [2.75, 3.05) is 13.1 Å². The van der Waals surface area contributed by atoms with E-state index >= 15 is 0 Å². The van der Waals surface area contributed by atoms with E-state index in [1.807, 2.05) is 18.2 Å². The second-order valence-electron chi connectivity index (χ2n) is 7.71. The maximum atomic E-state index is 13.0. The summed E-state index contributed by atoms with van der Waals surface area (Å²) in [5.74, 6) is -0.399. The van der Waals surface area contributed by atoms with Crippen molar-refractivity contribution in [3.05, 3.63) is 65.7 Å². The van der Waals surface area contributed by atoms with Crippen LogP contribution >= 0.6 is 0 Å². The van der Waals surface area contributed by atoms with Crippen LogP contribution in [0.25, 0.3) is 0 Å². The Bertz CT molecular complexity index is 943. The van der Waals surface area contributed by atoms with E-state index < -0.39 is 9.84 Å². The van der Waals surface area contributed by atoms with Gasteiger partial charge in [-0.3, -0.25) is 9.69 Å². The lowest BCUT2D eigenvalue weighted by molar-refractivity contribution is 0.0865. The van der Waals surface area contributed by atoms with Crippen LogP contribution in [0.5, 0.6) is 0 Å². The van der Waals surface area contributed by atoms with Gasteiger partial charge in [0.15, 0.2) is 9.84 Å². The minimum absolute atomic E-state index is 0.0913. The van der Waals surface area contributed by atoms with Crippen molar-refractivity contribution in [1.29, 1.82) is 0 Å². The number of hydrogen-bond acceptors (Lipinski definition) is 4. The molecule has 2 aromatic carbocycles. The maximum Gasteiger partial charge on any atom is 0.252 e. The van der Waals surface area contributed by atoms with Crippen LogP contribution in [0.3, 0.4) is 0 Å². The first kappa shape index (κ1) is 19.2. The standard InChI is InChI=1S/C22H26N2O3S/c25-22(23-19-11-6-14-24-15-7-12-20(19)24)18-10-4-5-13-21(18)28(26,27)16-17-8-2-1-3-9-17/h1-5,8-10,13,19-20H,6-7,11-12,14-16H2,(H,23,25)/t19-,20-/m0/s1. The van der Waals surface area contributed by atoms with Crippen LogP contribution in [0, 0.1) is 0 Å². The molecule has 1 amide bonds. The first-order valence-corrected chi connectivity index (χ1v) is 11.6. The molecule has 6 heteroatoms. The average Bonchev–Trinajstić information content (AvgIpc) is 3.18. The molecule has 2 aliphatic heterocycles. The number of nitrogens with zero attached hydrogens (tertiary/aromatic N) is 1. The third kappa shape index (κ3) is 3.98. The quantitative estimate of drug-likeness (QED) is 0.841. The van der Waals surface area contributed by atoms with Crippen molar-refractivity contribution in [3.63, 3.8) is 0 Å². The van der Waals surface area contributed by atoms with Crippen LogP contribution in [-0.4, -0.2) is 44.4 Å². The SMILES string of the molecule is O=C(N[C@H]1CCCN2CCC[C@@H]12)c1ccccc1S(=O)(=O)Cc1ccccc1. The van der Waals surface area contributed by atoms with Crippen molar-refractivity contribution in [2.45, 2.75) is 48.4 Å². The largest absolute Gasteiger partial charge is 0.348 e. The van der Waals surface area contributed by atoms with Crippen molar-refractivity contribution in [2.24, 2.45) is 0 Å². The summed E-state index contributed by atoms with van der Waals surface area (Å²) >= 11 is 0. The number of nitrogens with one attached hydrogen (secondary N) is 1. The molecule has 0 aliphatic carbocycles. The lowest BCUT2D eigenvalue weighted by Crippen LogP contribution is -2.52. The molecule has 2 aromatic rings. The first-order valence-electron chi connectivity index (χ1n) is 9.95. The summed E-state index contributed by atoms with van der Waals surface area (Å²) in [6.45, 7) is 2.19. The zero-order chi connectivity index (χ0) is 19.6. The molecule has 0 spiro atoms. The molecule has 28 heavy (non-hydrogen) atoms. The van der Waals surface area contributed by atoms with Crippen molar-refractivity contribution in [1.82, 2.24) is 10.2 Å². The van der Waals surface area contributed by atoms with Crippen molar-refractivity contribution < 1.29 is 13.2 Å². The smallest absolute Gasteiger partial charge is 0.252 e. The van der Waals surface area contributed by atoms with Gasteiger partial charge in [-0.1, -0.05) is 42.5 Å². The minimum Gasteiger partial charge on any atom is -0.348 e. The number of fused-ring (bicyclic) bond motifs is 1. The van der Waals surface area contributed by atoms with Gasteiger partial charge in [0.2, 0.25) is 0 Å². The van der Waals surface area contributed by atoms with E-state index in [0.29, 0.717) is 11.6 Å². The molecule has 0 saturated carbocycles. The van der Waals surface area contributed by atoms with Gasteiger partial charge in [0.05, 0.1) is 16.2 Å². The summed E-state index contributed by atoms with van der Waals surface area (Å²) in [6.07, 6.45) is 4.28. The molecule has 2 fully saturated rings. The zero-order valence-corrected chi connectivity index (χ0v) is 16.7. The molecule has 0 radical (unpaired) electrons. The molecule has 2 heterocycles. The molecule has 1 N–H and O–H groups in total. The van der Waals surface area contributed by atoms with E-state index in [-0.39, 0.29) is 28.2 Å². The summed E-state index contributed by atoms with van der Waals surface area (Å²) in [4.78, 5) is 15.6. The molecule has 2 atom stereocenters. The molecule has 2 aliphatic rings. The Hall–Kier alpha value is -2.18. The predicted octanol–water partition coefficient (Wildman–Crippen LogP) is 3.02. The Balaban J connectivity index is 1.56. The minimum atomic E-state index is -3.62. The summed E-state index contributed by atoms with van der Waals surface area (Å²) < 4.78 is 26.0. The highest BCUT2D eigenvalue weighted by Gasteiger charge is 2.36. The van der Waals surface area contributed by atoms with Crippen molar-refractivity contribution >= 4 is 15.7 Å². The first-order chi connectivity index (χ1) is 13.5. The van der Waals surface area contributed by atoms with Gasteiger partial charge in [-0.2, -0.15) is 0 Å². The molecular weight excluding hydrogens is 372 g/mol. The number of benzene rings is 2. The van der Waals surface area contributed by atoms with E-state index in [4.69, 9.17) is 0 Å². The van der Waals surface area contributed by atoms with Gasteiger partial charge in [0.25, 0.3) is 5.91 Å². The van der Waals surface area contributed by atoms with E-state index in [9.17, 15) is 13.2 Å². The summed E-state index contributed by atoms with van der Waals surface area (Å²) in [6, 6.07) is 16.1. The predicted molar refractivity (Wildman–Crippen MR) is 109 cm³/mol. The molecule has 148 valence electrons. The Morgan fingerprint density at radius 3 is 2.43 bits per heavy atom. The van der Waals surface area contributed by atoms with Crippen molar-refractivity contribution in [3.8, 4) is 0 Å². The van der Waals surface area contributed by atoms with Gasteiger partial charge >= 0.3 is 0 Å². The van der Waals surface area contributed by atoms with Gasteiger partial charge in [0, 0.05) is 12.1 Å². The third-order valence-electron chi connectivity index (χ3n) is 5.82. The number of carbonyl (C=O) groups is 1. The van der Waals surface area contributed by atoms with Gasteiger partial charge < -0.3 is 5.32 Å². The average molecular weight is 399 g/mol. The van der Waals surface area contributed by atoms with Crippen LogP contribution in [0.2, 0.25) is 0 Å². The van der Waals surface area contributed by atoms with Crippen LogP contribution in [0.1, 0.15) is 41.6 Å². The molecular formula is C22H26N2O3S. The molecule has 4 rings (SSSR count). The van der Waals surface area contributed by atoms with E-state index in [2.05, 4.69) is 10.2 Å². The fourth-order valence-corrected chi connectivity index (χ4v) is 6.07. The molecule has 5 nitrogen and oxygen atoms in total. The Morgan fingerprint density at radius 1 is 0.964 bits per heavy atom. The number of sulfone groups is 1. The fraction of sp³-hybridized carbons (Fsp3) is 0.409. The van der Waals surface area contributed by atoms with E-state index in [1.165, 1.54) is 12.5 Å². The van der Waals surface area contributed by atoms with Crippen LogP contribution in [-0.2, 0) is 15.6 Å². The zero-order valence-electron chi connectivity index (χ0n) is 15.9. The van der Waals surface area contributed by atoms with E-state index in [1.54, 1.807) is 30.3 Å². The number of rotatable bonds is 5. The highest BCUT2D eigenvalue weighted by atomic mass is 32.2. The number of carbonyl (C=O) groups excluding carboxylic acids is 1. The normalized spacial score (nSPS) is 22.6. The summed E-state index contributed by atoms with van der Waals surface area (Å²) in [7, 11) is -3.62. The van der Waals surface area contributed by atoms with Gasteiger partial charge in [-0.25, -0.2) is 8.42 Å². The second-order valence-corrected chi connectivity index (χ2v) is 9.67. The highest BCUT2D eigenvalue weighted by Crippen LogP contribution is 2.28.